The summed E-state index contributed by atoms with van der Waals surface area (Å²) in [6.45, 7) is 2.66. The van der Waals surface area contributed by atoms with Crippen LogP contribution >= 0.6 is 0 Å². The van der Waals surface area contributed by atoms with Crippen LogP contribution in [0.25, 0.3) is 6.08 Å². The quantitative estimate of drug-likeness (QED) is 0.421. The number of Topliss-reactive ketones (excluding diaryl/α,β-unsaturated/α-hetero) is 1. The fourth-order valence-electron chi connectivity index (χ4n) is 5.08. The molecule has 8 nitrogen and oxygen atoms in total. The molecule has 3 aliphatic heterocycles. The number of hydrogen-bond donors (Lipinski definition) is 1. The number of carbonyl (C=O) groups excluding carboxylic acids is 3. The van der Waals surface area contributed by atoms with Crippen molar-refractivity contribution in [2.75, 3.05) is 13.2 Å². The van der Waals surface area contributed by atoms with E-state index in [0.29, 0.717) is 74.4 Å². The highest BCUT2D eigenvalue weighted by Crippen LogP contribution is 2.48. The van der Waals surface area contributed by atoms with Gasteiger partial charge in [-0.3, -0.25) is 9.59 Å². The van der Waals surface area contributed by atoms with Gasteiger partial charge in [0.1, 0.15) is 36.1 Å². The third-order valence-corrected chi connectivity index (χ3v) is 6.95. The van der Waals surface area contributed by atoms with E-state index in [0.717, 1.165) is 5.56 Å². The van der Waals surface area contributed by atoms with Gasteiger partial charge in [-0.15, -0.1) is 0 Å². The Balaban J connectivity index is 1.58. The van der Waals surface area contributed by atoms with Gasteiger partial charge in [-0.2, -0.15) is 0 Å². The van der Waals surface area contributed by atoms with Crippen molar-refractivity contribution in [2.24, 2.45) is 0 Å². The molecule has 0 saturated carbocycles. The van der Waals surface area contributed by atoms with Crippen LogP contribution in [0.4, 0.5) is 0 Å². The molecule has 37 heavy (non-hydrogen) atoms. The molecule has 2 aromatic carbocycles. The summed E-state index contributed by atoms with van der Waals surface area (Å²) in [4.78, 5) is 38.0. The predicted molar refractivity (Wildman–Crippen MR) is 134 cm³/mol. The molecule has 1 unspecified atom stereocenters. The van der Waals surface area contributed by atoms with Crippen LogP contribution in [0, 0.1) is 0 Å². The molecule has 1 N–H and O–H groups in total. The lowest BCUT2D eigenvalue weighted by Gasteiger charge is -2.28. The summed E-state index contributed by atoms with van der Waals surface area (Å²) in [6.07, 6.45) is 6.59. The molecule has 2 atom stereocenters. The van der Waals surface area contributed by atoms with Crippen molar-refractivity contribution < 1.29 is 38.4 Å². The van der Waals surface area contributed by atoms with Gasteiger partial charge in [0.05, 0.1) is 12.5 Å². The fraction of sp³-hybridized carbons (Fsp3) is 0.414. The first-order valence-corrected chi connectivity index (χ1v) is 12.8. The number of phenolic OH excluding ortho intramolecular Hbond substituents is 1. The topological polar surface area (TPSA) is 108 Å². The molecular formula is C29H30O8. The molecule has 0 aromatic heterocycles. The monoisotopic (exact) mass is 506 g/mol. The van der Waals surface area contributed by atoms with Crippen LogP contribution in [0.15, 0.2) is 30.3 Å². The van der Waals surface area contributed by atoms with E-state index in [2.05, 4.69) is 0 Å². The minimum absolute atomic E-state index is 0.00565. The van der Waals surface area contributed by atoms with E-state index in [4.69, 9.17) is 18.9 Å². The van der Waals surface area contributed by atoms with Crippen molar-refractivity contribution in [3.63, 3.8) is 0 Å². The molecule has 8 heteroatoms. The number of cyclic esters (lactones) is 1. The number of rotatable bonds is 1. The summed E-state index contributed by atoms with van der Waals surface area (Å²) in [7, 11) is 0. The molecule has 3 heterocycles. The number of hydrogen-bond acceptors (Lipinski definition) is 8. The van der Waals surface area contributed by atoms with E-state index in [9.17, 15) is 19.5 Å². The number of carbonyl (C=O) groups is 3. The smallest absolute Gasteiger partial charge is 0.342 e. The molecule has 0 fully saturated rings. The molecule has 194 valence electrons. The second-order valence-corrected chi connectivity index (χ2v) is 9.68. The molecule has 2 aromatic rings. The highest BCUT2D eigenvalue weighted by Gasteiger charge is 2.36. The van der Waals surface area contributed by atoms with Crippen LogP contribution in [-0.2, 0) is 14.3 Å². The van der Waals surface area contributed by atoms with E-state index in [1.807, 2.05) is 12.1 Å². The number of allylic oxidation sites excluding steroid dienone is 1. The highest BCUT2D eigenvalue weighted by molar-refractivity contribution is 5.98. The first-order valence-electron chi connectivity index (χ1n) is 12.8. The molecule has 0 radical (unpaired) electrons. The molecule has 0 saturated heterocycles. The average molecular weight is 507 g/mol. The number of phenols is 1. The van der Waals surface area contributed by atoms with E-state index in [1.54, 1.807) is 31.2 Å². The normalized spacial score (nSPS) is 23.1. The van der Waals surface area contributed by atoms with Crippen molar-refractivity contribution in [3.05, 3.63) is 52.6 Å². The minimum atomic E-state index is -0.659. The first-order chi connectivity index (χ1) is 17.9. The summed E-state index contributed by atoms with van der Waals surface area (Å²) >= 11 is 0. The summed E-state index contributed by atoms with van der Waals surface area (Å²) in [5.74, 6) is -0.319. The zero-order chi connectivity index (χ0) is 25.9. The standard InChI is InChI=1S/C29H30O8/c1-17-6-5-9-20(30)8-4-2-3-7-19-15-24-27(28(32)26(19)29(33)36-17)21(16-25(31)37-24)18-10-11-22-23(14-18)35-13-12-34-22/h3,7,10-11,14-15,17,21,32H,2,4-6,8-9,12-13,16H2,1H3/b7-3+/t17-,21?/m0/s1. The average Bonchev–Trinajstić information content (AvgIpc) is 2.87. The Kier molecular flexibility index (Phi) is 7.17. The molecular weight excluding hydrogens is 476 g/mol. The molecule has 0 aliphatic carbocycles. The number of esters is 2. The summed E-state index contributed by atoms with van der Waals surface area (Å²) < 4.78 is 22.5. The van der Waals surface area contributed by atoms with Crippen molar-refractivity contribution in [1.82, 2.24) is 0 Å². The van der Waals surface area contributed by atoms with E-state index in [-0.39, 0.29) is 29.3 Å². The van der Waals surface area contributed by atoms with E-state index < -0.39 is 24.0 Å². The van der Waals surface area contributed by atoms with Gasteiger partial charge in [0.15, 0.2) is 11.5 Å². The maximum atomic E-state index is 13.3. The largest absolute Gasteiger partial charge is 0.507 e. The van der Waals surface area contributed by atoms with Crippen LogP contribution in [0.5, 0.6) is 23.0 Å². The van der Waals surface area contributed by atoms with Gasteiger partial charge in [-0.05, 0) is 61.9 Å². The Hall–Kier alpha value is -3.81. The van der Waals surface area contributed by atoms with Gasteiger partial charge in [0.25, 0.3) is 0 Å². The van der Waals surface area contributed by atoms with Gasteiger partial charge >= 0.3 is 11.9 Å². The van der Waals surface area contributed by atoms with Crippen molar-refractivity contribution in [1.29, 1.82) is 0 Å². The maximum Gasteiger partial charge on any atom is 0.342 e. The fourth-order valence-corrected chi connectivity index (χ4v) is 5.08. The zero-order valence-electron chi connectivity index (χ0n) is 20.8. The minimum Gasteiger partial charge on any atom is -0.507 e. The third-order valence-electron chi connectivity index (χ3n) is 6.95. The van der Waals surface area contributed by atoms with Crippen LogP contribution in [-0.4, -0.2) is 42.1 Å². The van der Waals surface area contributed by atoms with E-state index in [1.165, 1.54) is 0 Å². The summed E-state index contributed by atoms with van der Waals surface area (Å²) in [5, 5.41) is 11.5. The molecule has 3 aliphatic rings. The molecule has 0 bridgehead atoms. The van der Waals surface area contributed by atoms with Crippen LogP contribution < -0.4 is 14.2 Å². The molecule has 0 spiro atoms. The summed E-state index contributed by atoms with van der Waals surface area (Å²) in [5.41, 5.74) is 1.53. The van der Waals surface area contributed by atoms with Crippen molar-refractivity contribution in [3.8, 4) is 23.0 Å². The predicted octanol–water partition coefficient (Wildman–Crippen LogP) is 5.09. The lowest BCUT2D eigenvalue weighted by atomic mass is 9.83. The Morgan fingerprint density at radius 3 is 2.57 bits per heavy atom. The SMILES string of the molecule is C[C@H]1CCCC(=O)CCC/C=C/c2cc3c(c(O)c2C(=O)O1)C(c1ccc2c(c1)OCCO2)CC(=O)O3. The van der Waals surface area contributed by atoms with Gasteiger partial charge in [-0.25, -0.2) is 4.79 Å². The Labute approximate surface area is 215 Å². The number of ketones is 1. The Morgan fingerprint density at radius 2 is 1.73 bits per heavy atom. The number of ether oxygens (including phenoxy) is 4. The molecule has 5 rings (SSSR count). The van der Waals surface area contributed by atoms with Crippen molar-refractivity contribution in [2.45, 2.75) is 63.9 Å². The first kappa shape index (κ1) is 24.9. The van der Waals surface area contributed by atoms with Gasteiger partial charge in [-0.1, -0.05) is 18.2 Å². The van der Waals surface area contributed by atoms with Crippen LogP contribution in [0.3, 0.4) is 0 Å². The second-order valence-electron chi connectivity index (χ2n) is 9.68. The summed E-state index contributed by atoms with van der Waals surface area (Å²) in [6, 6.07) is 7.01. The highest BCUT2D eigenvalue weighted by atomic mass is 16.6. The van der Waals surface area contributed by atoms with Gasteiger partial charge in [0, 0.05) is 24.3 Å². The number of fused-ring (bicyclic) bond motifs is 3. The van der Waals surface area contributed by atoms with Crippen molar-refractivity contribution >= 4 is 23.8 Å². The van der Waals surface area contributed by atoms with Crippen LogP contribution in [0.1, 0.15) is 84.8 Å². The Bertz CT molecular complexity index is 1260. The van der Waals surface area contributed by atoms with Gasteiger partial charge < -0.3 is 24.1 Å². The van der Waals surface area contributed by atoms with E-state index >= 15 is 0 Å². The maximum absolute atomic E-state index is 13.3. The second kappa shape index (κ2) is 10.7. The lowest BCUT2D eigenvalue weighted by molar-refractivity contribution is -0.135. The molecule has 0 amide bonds. The third kappa shape index (κ3) is 5.33. The number of aromatic hydroxyl groups is 1. The Morgan fingerprint density at radius 1 is 0.946 bits per heavy atom. The number of benzene rings is 2. The lowest BCUT2D eigenvalue weighted by Crippen LogP contribution is -2.23. The van der Waals surface area contributed by atoms with Crippen LogP contribution in [0.2, 0.25) is 0 Å². The van der Waals surface area contributed by atoms with Gasteiger partial charge in [0.2, 0.25) is 0 Å². The zero-order valence-corrected chi connectivity index (χ0v) is 20.8.